The molecule has 0 fully saturated rings. The lowest BCUT2D eigenvalue weighted by Crippen LogP contribution is -2.28. The van der Waals surface area contributed by atoms with E-state index in [1.807, 2.05) is 31.2 Å². The number of fused-ring (bicyclic) bond motifs is 1. The van der Waals surface area contributed by atoms with Gasteiger partial charge in [0.25, 0.3) is 5.56 Å². The van der Waals surface area contributed by atoms with Crippen molar-refractivity contribution in [1.29, 1.82) is 0 Å². The zero-order valence-corrected chi connectivity index (χ0v) is 16.7. The number of nitrogens with zero attached hydrogens (tertiary/aromatic N) is 4. The number of nitrogens with one attached hydrogen (secondary N) is 1. The van der Waals surface area contributed by atoms with Crippen LogP contribution in [0.1, 0.15) is 11.1 Å². The summed E-state index contributed by atoms with van der Waals surface area (Å²) in [6.45, 7) is 1.52. The molecule has 0 atom stereocenters. The molecule has 0 aliphatic carbocycles. The highest BCUT2D eigenvalue weighted by Gasteiger charge is 2.30. The number of benzene rings is 2. The van der Waals surface area contributed by atoms with E-state index in [0.29, 0.717) is 5.82 Å². The summed E-state index contributed by atoms with van der Waals surface area (Å²) in [6.07, 6.45) is -2.02. The summed E-state index contributed by atoms with van der Waals surface area (Å²) in [5.41, 5.74) is 0.571. The average molecular weight is 439 g/mol. The van der Waals surface area contributed by atoms with E-state index in [0.717, 1.165) is 27.8 Å². The van der Waals surface area contributed by atoms with Gasteiger partial charge in [-0.25, -0.2) is 15.0 Å². The average Bonchev–Trinajstić information content (AvgIpc) is 2.75. The van der Waals surface area contributed by atoms with E-state index in [1.54, 1.807) is 0 Å². The molecule has 1 N–H and O–H groups in total. The molecule has 1 amide bonds. The number of carbonyl (C=O) groups excluding carboxylic acids is 1. The van der Waals surface area contributed by atoms with E-state index in [-0.39, 0.29) is 16.7 Å². The molecule has 7 nitrogen and oxygen atoms in total. The number of anilines is 1. The van der Waals surface area contributed by atoms with Crippen molar-refractivity contribution in [3.8, 4) is 11.4 Å². The molecule has 0 radical (unpaired) electrons. The Hall–Kier alpha value is -4.08. The van der Waals surface area contributed by atoms with Crippen molar-refractivity contribution in [2.45, 2.75) is 19.6 Å². The monoisotopic (exact) mass is 439 g/mol. The Balaban J connectivity index is 1.55. The number of aryl methyl sites for hydroxylation is 1. The van der Waals surface area contributed by atoms with Crippen molar-refractivity contribution < 1.29 is 18.0 Å². The van der Waals surface area contributed by atoms with Crippen molar-refractivity contribution in [2.24, 2.45) is 0 Å². The van der Waals surface area contributed by atoms with Gasteiger partial charge in [0.15, 0.2) is 11.5 Å². The van der Waals surface area contributed by atoms with Crippen molar-refractivity contribution in [3.05, 3.63) is 82.5 Å². The van der Waals surface area contributed by atoms with Gasteiger partial charge in [0, 0.05) is 17.4 Å². The van der Waals surface area contributed by atoms with Crippen molar-refractivity contribution in [1.82, 2.24) is 19.5 Å². The number of hydrogen-bond acceptors (Lipinski definition) is 5. The maximum absolute atomic E-state index is 12.8. The Kier molecular flexibility index (Phi) is 5.43. The number of alkyl halides is 3. The van der Waals surface area contributed by atoms with Crippen LogP contribution in [0, 0.1) is 6.92 Å². The lowest BCUT2D eigenvalue weighted by Gasteiger charge is -2.11. The fourth-order valence-electron chi connectivity index (χ4n) is 3.04. The molecule has 32 heavy (non-hydrogen) atoms. The van der Waals surface area contributed by atoms with Gasteiger partial charge in [0.2, 0.25) is 5.91 Å². The van der Waals surface area contributed by atoms with E-state index >= 15 is 0 Å². The fraction of sp³-hybridized carbons (Fsp3) is 0.136. The van der Waals surface area contributed by atoms with Crippen LogP contribution in [0.4, 0.5) is 18.9 Å². The quantitative estimate of drug-likeness (QED) is 0.522. The molecule has 0 spiro atoms. The number of amides is 1. The van der Waals surface area contributed by atoms with Gasteiger partial charge in [0.1, 0.15) is 18.3 Å². The van der Waals surface area contributed by atoms with Crippen molar-refractivity contribution in [2.75, 3.05) is 5.32 Å². The molecule has 0 unspecified atom stereocenters. The number of rotatable bonds is 4. The Morgan fingerprint density at radius 2 is 1.84 bits per heavy atom. The SMILES string of the molecule is Cc1ccc(-c2ncc3c(=O)n(CC(=O)Nc4cccc(C(F)(F)F)c4)cnc3n2)cc1. The van der Waals surface area contributed by atoms with Crippen molar-refractivity contribution >= 4 is 22.6 Å². The van der Waals surface area contributed by atoms with Gasteiger partial charge >= 0.3 is 6.18 Å². The highest BCUT2D eigenvalue weighted by molar-refractivity contribution is 5.90. The highest BCUT2D eigenvalue weighted by Crippen LogP contribution is 2.30. The molecule has 0 bridgehead atoms. The number of aromatic nitrogens is 4. The molecule has 10 heteroatoms. The van der Waals surface area contributed by atoms with Gasteiger partial charge in [-0.15, -0.1) is 0 Å². The molecule has 4 aromatic rings. The van der Waals surface area contributed by atoms with Crippen LogP contribution in [0.5, 0.6) is 0 Å². The van der Waals surface area contributed by atoms with Crippen LogP contribution in [0.3, 0.4) is 0 Å². The second kappa shape index (κ2) is 8.22. The topological polar surface area (TPSA) is 89.8 Å². The third kappa shape index (κ3) is 4.48. The molecule has 2 aromatic heterocycles. The van der Waals surface area contributed by atoms with Crippen LogP contribution in [0.25, 0.3) is 22.4 Å². The van der Waals surface area contributed by atoms with Crippen LogP contribution in [0.15, 0.2) is 65.8 Å². The summed E-state index contributed by atoms with van der Waals surface area (Å²) in [5, 5.41) is 2.48. The van der Waals surface area contributed by atoms with Gasteiger partial charge in [-0.3, -0.25) is 14.2 Å². The maximum atomic E-state index is 12.8. The molecule has 162 valence electrons. The number of hydrogen-bond donors (Lipinski definition) is 1. The first-order valence-corrected chi connectivity index (χ1v) is 9.47. The minimum atomic E-state index is -4.53. The van der Waals surface area contributed by atoms with Crippen molar-refractivity contribution in [3.63, 3.8) is 0 Å². The smallest absolute Gasteiger partial charge is 0.325 e. The molecular weight excluding hydrogens is 423 g/mol. The molecule has 0 saturated heterocycles. The van der Waals surface area contributed by atoms with Gasteiger partial charge in [0.05, 0.1) is 5.56 Å². The predicted molar refractivity (Wildman–Crippen MR) is 112 cm³/mol. The third-order valence-corrected chi connectivity index (χ3v) is 4.68. The van der Waals surface area contributed by atoms with E-state index < -0.39 is 29.8 Å². The molecule has 0 saturated carbocycles. The minimum Gasteiger partial charge on any atom is -0.325 e. The molecule has 2 heterocycles. The standard InChI is InChI=1S/C22H16F3N5O2/c1-13-5-7-14(8-6-13)19-26-10-17-20(29-19)27-12-30(21(17)32)11-18(31)28-16-4-2-3-15(9-16)22(23,24)25/h2-10,12H,11H2,1H3,(H,28,31). The number of carbonyl (C=O) groups is 1. The summed E-state index contributed by atoms with van der Waals surface area (Å²) in [5.74, 6) is -0.269. The molecule has 0 aliphatic rings. The second-order valence-corrected chi connectivity index (χ2v) is 7.10. The Labute approximate surface area is 179 Å². The highest BCUT2D eigenvalue weighted by atomic mass is 19.4. The van der Waals surface area contributed by atoms with Crippen LogP contribution < -0.4 is 10.9 Å². The van der Waals surface area contributed by atoms with Crippen LogP contribution in [-0.2, 0) is 17.5 Å². The first-order chi connectivity index (χ1) is 15.2. The summed E-state index contributed by atoms with van der Waals surface area (Å²) in [7, 11) is 0. The summed E-state index contributed by atoms with van der Waals surface area (Å²) >= 11 is 0. The van der Waals surface area contributed by atoms with Crippen LogP contribution in [0.2, 0.25) is 0 Å². The zero-order valence-electron chi connectivity index (χ0n) is 16.7. The number of halogens is 3. The van der Waals surface area contributed by atoms with Gasteiger partial charge < -0.3 is 5.32 Å². The predicted octanol–water partition coefficient (Wildman–Crippen LogP) is 3.82. The van der Waals surface area contributed by atoms with Gasteiger partial charge in [-0.05, 0) is 25.1 Å². The Morgan fingerprint density at radius 1 is 1.09 bits per heavy atom. The summed E-state index contributed by atoms with van der Waals surface area (Å²) < 4.78 is 39.5. The summed E-state index contributed by atoms with van der Waals surface area (Å²) in [4.78, 5) is 37.7. The van der Waals surface area contributed by atoms with E-state index in [9.17, 15) is 22.8 Å². The van der Waals surface area contributed by atoms with Crippen LogP contribution >= 0.6 is 0 Å². The first-order valence-electron chi connectivity index (χ1n) is 9.47. The third-order valence-electron chi connectivity index (χ3n) is 4.68. The zero-order chi connectivity index (χ0) is 22.9. The molecule has 0 aliphatic heterocycles. The van der Waals surface area contributed by atoms with Crippen LogP contribution in [-0.4, -0.2) is 25.4 Å². The lowest BCUT2D eigenvalue weighted by molar-refractivity contribution is -0.137. The van der Waals surface area contributed by atoms with Gasteiger partial charge in [-0.2, -0.15) is 13.2 Å². The normalized spacial score (nSPS) is 11.5. The van der Waals surface area contributed by atoms with Gasteiger partial charge in [-0.1, -0.05) is 35.9 Å². The van der Waals surface area contributed by atoms with E-state index in [4.69, 9.17) is 0 Å². The first kappa shape index (κ1) is 21.2. The van der Waals surface area contributed by atoms with E-state index in [2.05, 4.69) is 20.3 Å². The molecular formula is C22H16F3N5O2. The minimum absolute atomic E-state index is 0.0299. The Bertz CT molecular complexity index is 1360. The lowest BCUT2D eigenvalue weighted by atomic mass is 10.1. The second-order valence-electron chi connectivity index (χ2n) is 7.10. The summed E-state index contributed by atoms with van der Waals surface area (Å²) in [6, 6.07) is 11.8. The molecule has 4 rings (SSSR count). The maximum Gasteiger partial charge on any atom is 0.416 e. The Morgan fingerprint density at radius 3 is 2.56 bits per heavy atom. The van der Waals surface area contributed by atoms with E-state index in [1.165, 1.54) is 24.7 Å². The molecule has 2 aromatic carbocycles. The largest absolute Gasteiger partial charge is 0.416 e. The fourth-order valence-corrected chi connectivity index (χ4v) is 3.04.